The minimum absolute atomic E-state index is 0.0727. The quantitative estimate of drug-likeness (QED) is 0.646. The number of carbonyl (C=O) groups is 1. The van der Waals surface area contributed by atoms with Crippen molar-refractivity contribution in [3.63, 3.8) is 0 Å². The summed E-state index contributed by atoms with van der Waals surface area (Å²) in [7, 11) is 0. The van der Waals surface area contributed by atoms with E-state index >= 15 is 0 Å². The minimum Gasteiger partial charge on any atom is -0.379 e. The van der Waals surface area contributed by atoms with Crippen molar-refractivity contribution in [3.8, 4) is 0 Å². The Kier molecular flexibility index (Phi) is 8.44. The Balaban J connectivity index is 1.21. The number of hydrogen-bond acceptors (Lipinski definition) is 4. The van der Waals surface area contributed by atoms with Crippen LogP contribution in [0.1, 0.15) is 29.5 Å². The summed E-state index contributed by atoms with van der Waals surface area (Å²) in [5.74, 6) is 0.233. The number of benzene rings is 2. The molecule has 2 fully saturated rings. The first kappa shape index (κ1) is 23.5. The third-order valence-electron chi connectivity index (χ3n) is 6.34. The first-order valence-electron chi connectivity index (χ1n) is 11.4. The normalized spacial score (nSPS) is 18.6. The first-order valence-corrected chi connectivity index (χ1v) is 12.1. The smallest absolute Gasteiger partial charge is 0.223 e. The number of halogens is 2. The van der Waals surface area contributed by atoms with Crippen molar-refractivity contribution in [2.75, 3.05) is 39.4 Å². The topological polar surface area (TPSA) is 44.8 Å². The molecule has 7 heteroatoms. The number of morpholine rings is 1. The molecule has 0 bridgehead atoms. The van der Waals surface area contributed by atoms with E-state index in [1.807, 2.05) is 12.1 Å². The van der Waals surface area contributed by atoms with Gasteiger partial charge in [-0.15, -0.1) is 0 Å². The third kappa shape index (κ3) is 6.69. The summed E-state index contributed by atoms with van der Waals surface area (Å²) in [5.41, 5.74) is 3.52. The van der Waals surface area contributed by atoms with Gasteiger partial charge in [-0.25, -0.2) is 0 Å². The number of ether oxygens (including phenoxy) is 1. The fourth-order valence-electron chi connectivity index (χ4n) is 4.43. The molecule has 0 aromatic heterocycles. The van der Waals surface area contributed by atoms with E-state index in [4.69, 9.17) is 27.9 Å². The van der Waals surface area contributed by atoms with E-state index in [1.54, 1.807) is 6.07 Å². The van der Waals surface area contributed by atoms with Crippen LogP contribution in [-0.2, 0) is 29.2 Å². The summed E-state index contributed by atoms with van der Waals surface area (Å²) >= 11 is 12.3. The lowest BCUT2D eigenvalue weighted by molar-refractivity contribution is -0.126. The summed E-state index contributed by atoms with van der Waals surface area (Å²) in [6.07, 6.45) is 1.74. The Morgan fingerprint density at radius 3 is 2.41 bits per heavy atom. The molecule has 2 aromatic rings. The van der Waals surface area contributed by atoms with Gasteiger partial charge in [0, 0.05) is 48.7 Å². The molecule has 0 atom stereocenters. The van der Waals surface area contributed by atoms with Crippen molar-refractivity contribution in [2.24, 2.45) is 5.92 Å². The largest absolute Gasteiger partial charge is 0.379 e. The number of rotatable bonds is 7. The third-order valence-corrected chi connectivity index (χ3v) is 6.92. The van der Waals surface area contributed by atoms with Crippen LogP contribution in [0.2, 0.25) is 10.0 Å². The number of nitrogens with zero attached hydrogens (tertiary/aromatic N) is 2. The molecule has 1 amide bonds. The second kappa shape index (κ2) is 11.5. The van der Waals surface area contributed by atoms with Crippen molar-refractivity contribution in [2.45, 2.75) is 32.5 Å². The van der Waals surface area contributed by atoms with E-state index in [0.717, 1.165) is 76.5 Å². The van der Waals surface area contributed by atoms with E-state index in [9.17, 15) is 4.79 Å². The fraction of sp³-hybridized carbons (Fsp3) is 0.480. The van der Waals surface area contributed by atoms with Gasteiger partial charge in [0.1, 0.15) is 0 Å². The molecule has 0 unspecified atom stereocenters. The van der Waals surface area contributed by atoms with Crippen LogP contribution in [0.4, 0.5) is 0 Å². The van der Waals surface area contributed by atoms with Crippen LogP contribution in [-0.4, -0.2) is 55.1 Å². The summed E-state index contributed by atoms with van der Waals surface area (Å²) in [6, 6.07) is 14.2. The zero-order valence-corrected chi connectivity index (χ0v) is 19.9. The molecule has 2 heterocycles. The highest BCUT2D eigenvalue weighted by atomic mass is 35.5. The Hall–Kier alpha value is -1.63. The maximum atomic E-state index is 12.7. The second-order valence-electron chi connectivity index (χ2n) is 8.71. The fourth-order valence-corrected chi connectivity index (χ4v) is 4.90. The van der Waals surface area contributed by atoms with Gasteiger partial charge in [0.25, 0.3) is 0 Å². The van der Waals surface area contributed by atoms with Crippen molar-refractivity contribution in [1.82, 2.24) is 15.1 Å². The molecule has 2 aliphatic heterocycles. The minimum atomic E-state index is 0.0727. The summed E-state index contributed by atoms with van der Waals surface area (Å²) in [4.78, 5) is 17.5. The van der Waals surface area contributed by atoms with E-state index in [2.05, 4.69) is 39.4 Å². The second-order valence-corrected chi connectivity index (χ2v) is 9.56. The SMILES string of the molecule is O=C(NCc1cccc(CN2CCOCC2)c1)C1CCN(Cc2ccc(Cl)cc2Cl)CC1. The molecular weight excluding hydrogens is 445 g/mol. The van der Waals surface area contributed by atoms with Crippen molar-refractivity contribution >= 4 is 29.1 Å². The highest BCUT2D eigenvalue weighted by Crippen LogP contribution is 2.25. The molecule has 2 aromatic carbocycles. The molecular formula is C25H31Cl2N3O2. The van der Waals surface area contributed by atoms with Crippen LogP contribution in [0.15, 0.2) is 42.5 Å². The van der Waals surface area contributed by atoms with Gasteiger partial charge in [0.05, 0.1) is 13.2 Å². The van der Waals surface area contributed by atoms with E-state index in [0.29, 0.717) is 16.6 Å². The van der Waals surface area contributed by atoms with Crippen LogP contribution < -0.4 is 5.32 Å². The lowest BCUT2D eigenvalue weighted by Gasteiger charge is -2.31. The molecule has 4 rings (SSSR count). The van der Waals surface area contributed by atoms with E-state index in [1.165, 1.54) is 5.56 Å². The Bertz CT molecular complexity index is 910. The number of likely N-dealkylation sites (tertiary alicyclic amines) is 1. The summed E-state index contributed by atoms with van der Waals surface area (Å²) in [5, 5.41) is 4.51. The summed E-state index contributed by atoms with van der Waals surface area (Å²) < 4.78 is 5.43. The van der Waals surface area contributed by atoms with Gasteiger partial charge in [0.2, 0.25) is 5.91 Å². The average molecular weight is 476 g/mol. The molecule has 0 saturated carbocycles. The van der Waals surface area contributed by atoms with Crippen molar-refractivity contribution in [1.29, 1.82) is 0 Å². The maximum absolute atomic E-state index is 12.7. The van der Waals surface area contributed by atoms with E-state index in [-0.39, 0.29) is 11.8 Å². The molecule has 1 N–H and O–H groups in total. The van der Waals surface area contributed by atoms with Gasteiger partial charge < -0.3 is 10.1 Å². The predicted octanol–water partition coefficient (Wildman–Crippen LogP) is 4.35. The van der Waals surface area contributed by atoms with Crippen molar-refractivity contribution in [3.05, 3.63) is 69.2 Å². The molecule has 0 aliphatic carbocycles. The number of hydrogen-bond donors (Lipinski definition) is 1. The van der Waals surface area contributed by atoms with Crippen LogP contribution >= 0.6 is 23.2 Å². The number of amides is 1. The van der Waals surface area contributed by atoms with Gasteiger partial charge in [-0.1, -0.05) is 53.5 Å². The highest BCUT2D eigenvalue weighted by molar-refractivity contribution is 6.35. The lowest BCUT2D eigenvalue weighted by atomic mass is 9.95. The number of carbonyl (C=O) groups excluding carboxylic acids is 1. The van der Waals surface area contributed by atoms with Gasteiger partial charge in [0.15, 0.2) is 0 Å². The standard InChI is InChI=1S/C25H31Cl2N3O2/c26-23-5-4-22(24(27)15-23)18-29-8-6-21(7-9-29)25(31)28-16-19-2-1-3-20(14-19)17-30-10-12-32-13-11-30/h1-5,14-15,21H,6-13,16-18H2,(H,28,31). The Morgan fingerprint density at radius 2 is 1.66 bits per heavy atom. The van der Waals surface area contributed by atoms with Gasteiger partial charge >= 0.3 is 0 Å². The molecule has 0 spiro atoms. The predicted molar refractivity (Wildman–Crippen MR) is 129 cm³/mol. The summed E-state index contributed by atoms with van der Waals surface area (Å²) in [6.45, 7) is 7.66. The number of nitrogens with one attached hydrogen (secondary N) is 1. The van der Waals surface area contributed by atoms with Crippen molar-refractivity contribution < 1.29 is 9.53 Å². The first-order chi connectivity index (χ1) is 15.6. The molecule has 5 nitrogen and oxygen atoms in total. The van der Waals surface area contributed by atoms with E-state index < -0.39 is 0 Å². The number of piperidine rings is 1. The molecule has 2 aliphatic rings. The lowest BCUT2D eigenvalue weighted by Crippen LogP contribution is -2.40. The van der Waals surface area contributed by atoms with Gasteiger partial charge in [-0.05, 0) is 54.8 Å². The van der Waals surface area contributed by atoms with Crippen LogP contribution in [0.3, 0.4) is 0 Å². The molecule has 32 heavy (non-hydrogen) atoms. The molecule has 172 valence electrons. The molecule has 2 saturated heterocycles. The monoisotopic (exact) mass is 475 g/mol. The Morgan fingerprint density at radius 1 is 0.938 bits per heavy atom. The average Bonchev–Trinajstić information content (AvgIpc) is 2.81. The van der Waals surface area contributed by atoms with Crippen LogP contribution in [0, 0.1) is 5.92 Å². The maximum Gasteiger partial charge on any atom is 0.223 e. The van der Waals surface area contributed by atoms with Crippen LogP contribution in [0.5, 0.6) is 0 Å². The zero-order valence-electron chi connectivity index (χ0n) is 18.4. The highest BCUT2D eigenvalue weighted by Gasteiger charge is 2.25. The molecule has 0 radical (unpaired) electrons. The Labute approximate surface area is 200 Å². The zero-order chi connectivity index (χ0) is 22.3. The van der Waals surface area contributed by atoms with Crippen LogP contribution in [0.25, 0.3) is 0 Å². The van der Waals surface area contributed by atoms with Gasteiger partial charge in [-0.3, -0.25) is 14.6 Å². The van der Waals surface area contributed by atoms with Gasteiger partial charge in [-0.2, -0.15) is 0 Å².